The van der Waals surface area contributed by atoms with E-state index < -0.39 is 11.6 Å². The van der Waals surface area contributed by atoms with Crippen molar-refractivity contribution in [2.75, 3.05) is 19.6 Å². The van der Waals surface area contributed by atoms with E-state index in [1.165, 1.54) is 18.6 Å². The molecule has 1 aromatic carbocycles. The van der Waals surface area contributed by atoms with Gasteiger partial charge in [-0.3, -0.25) is 0 Å². The number of piperidine rings is 1. The molecule has 0 atom stereocenters. The second-order valence-electron chi connectivity index (χ2n) is 7.75. The molecule has 1 aliphatic heterocycles. The standard InChI is InChI=1S/C20H29F2N3O.C2H6/c21-17-10-16(11-18(22)12-17)14-25(13-15-6-8-23-9-7-15)20(26)24-19-4-2-1-3-5-19;1-2/h10-12,15,19,23H,1-9,13-14H2,(H,24,26);1-2H3/p+1. The van der Waals surface area contributed by atoms with Crippen molar-refractivity contribution >= 4 is 6.03 Å². The maximum atomic E-state index is 13.5. The largest absolute Gasteiger partial charge is 0.346 e. The summed E-state index contributed by atoms with van der Waals surface area (Å²) in [5.74, 6) is -0.740. The Hall–Kier alpha value is -1.69. The molecular weight excluding hydrogens is 360 g/mol. The van der Waals surface area contributed by atoms with Gasteiger partial charge in [0.2, 0.25) is 0 Å². The van der Waals surface area contributed by atoms with Gasteiger partial charge in [-0.15, -0.1) is 0 Å². The zero-order valence-corrected chi connectivity index (χ0v) is 17.4. The fourth-order valence-corrected chi connectivity index (χ4v) is 4.14. The van der Waals surface area contributed by atoms with Gasteiger partial charge < -0.3 is 15.5 Å². The van der Waals surface area contributed by atoms with Gasteiger partial charge in [0.1, 0.15) is 11.6 Å². The Morgan fingerprint density at radius 3 is 2.25 bits per heavy atom. The van der Waals surface area contributed by atoms with Crippen molar-refractivity contribution in [1.29, 1.82) is 0 Å². The molecule has 1 heterocycles. The smallest absolute Gasteiger partial charge is 0.317 e. The fourth-order valence-electron chi connectivity index (χ4n) is 4.14. The highest BCUT2D eigenvalue weighted by atomic mass is 19.1. The van der Waals surface area contributed by atoms with Gasteiger partial charge in [-0.25, -0.2) is 13.6 Å². The summed E-state index contributed by atoms with van der Waals surface area (Å²) in [6.45, 7) is 7.05. The van der Waals surface area contributed by atoms with Crippen LogP contribution in [0.15, 0.2) is 18.2 Å². The molecule has 2 fully saturated rings. The maximum absolute atomic E-state index is 13.5. The second-order valence-corrected chi connectivity index (χ2v) is 7.75. The Bertz CT molecular complexity index is 579. The topological polar surface area (TPSA) is 49.0 Å². The number of nitrogens with two attached hydrogens (primary N) is 1. The Kier molecular flexibility index (Phi) is 9.68. The number of rotatable bonds is 5. The van der Waals surface area contributed by atoms with Crippen molar-refractivity contribution < 1.29 is 18.9 Å². The highest BCUT2D eigenvalue weighted by Crippen LogP contribution is 2.19. The summed E-state index contributed by atoms with van der Waals surface area (Å²) < 4.78 is 27.1. The van der Waals surface area contributed by atoms with Crippen molar-refractivity contribution in [2.24, 2.45) is 5.92 Å². The molecule has 2 amide bonds. The molecule has 0 unspecified atom stereocenters. The first kappa shape index (κ1) is 22.6. The third-order valence-electron chi connectivity index (χ3n) is 5.55. The molecule has 3 N–H and O–H groups in total. The van der Waals surface area contributed by atoms with E-state index in [-0.39, 0.29) is 18.6 Å². The third-order valence-corrected chi connectivity index (χ3v) is 5.55. The average molecular weight is 397 g/mol. The van der Waals surface area contributed by atoms with Crippen LogP contribution in [0.2, 0.25) is 0 Å². The van der Waals surface area contributed by atoms with Gasteiger partial charge in [-0.05, 0) is 36.5 Å². The lowest BCUT2D eigenvalue weighted by Crippen LogP contribution is -2.86. The van der Waals surface area contributed by atoms with E-state index in [4.69, 9.17) is 0 Å². The number of quaternary nitrogens is 1. The van der Waals surface area contributed by atoms with Gasteiger partial charge in [-0.1, -0.05) is 33.1 Å². The van der Waals surface area contributed by atoms with Gasteiger partial charge in [0.05, 0.1) is 13.1 Å². The first-order valence-electron chi connectivity index (χ1n) is 10.9. The Morgan fingerprint density at radius 1 is 1.04 bits per heavy atom. The molecule has 28 heavy (non-hydrogen) atoms. The van der Waals surface area contributed by atoms with Crippen LogP contribution in [0.5, 0.6) is 0 Å². The SMILES string of the molecule is CC.O=C(NC1CCCCC1)N(Cc1cc(F)cc(F)c1)CC1CC[NH2+]CC1. The highest BCUT2D eigenvalue weighted by Gasteiger charge is 2.25. The number of nitrogens with one attached hydrogen (secondary N) is 1. The van der Waals surface area contributed by atoms with Crippen molar-refractivity contribution in [2.45, 2.75) is 71.4 Å². The van der Waals surface area contributed by atoms with Crippen LogP contribution in [0.4, 0.5) is 13.6 Å². The van der Waals surface area contributed by atoms with Crippen molar-refractivity contribution in [1.82, 2.24) is 10.2 Å². The summed E-state index contributed by atoms with van der Waals surface area (Å²) in [5.41, 5.74) is 0.503. The average Bonchev–Trinajstić information content (AvgIpc) is 2.70. The molecule has 1 aromatic rings. The number of urea groups is 1. The van der Waals surface area contributed by atoms with Crippen LogP contribution in [0, 0.1) is 17.6 Å². The Morgan fingerprint density at radius 2 is 1.64 bits per heavy atom. The number of carbonyl (C=O) groups excluding carboxylic acids is 1. The number of nitrogens with zero attached hydrogens (tertiary/aromatic N) is 1. The zero-order valence-electron chi connectivity index (χ0n) is 17.4. The third kappa shape index (κ3) is 7.38. The molecule has 1 saturated carbocycles. The van der Waals surface area contributed by atoms with Crippen molar-refractivity contribution in [3.05, 3.63) is 35.4 Å². The van der Waals surface area contributed by atoms with E-state index in [9.17, 15) is 13.6 Å². The lowest BCUT2D eigenvalue weighted by atomic mass is 9.95. The molecule has 0 bridgehead atoms. The number of hydrogen-bond donors (Lipinski definition) is 2. The Labute approximate surface area is 168 Å². The molecule has 1 saturated heterocycles. The van der Waals surface area contributed by atoms with Gasteiger partial charge >= 0.3 is 6.03 Å². The predicted molar refractivity (Wildman–Crippen MR) is 108 cm³/mol. The van der Waals surface area contributed by atoms with Crippen molar-refractivity contribution in [3.8, 4) is 0 Å². The number of carbonyl (C=O) groups is 1. The summed E-state index contributed by atoms with van der Waals surface area (Å²) in [4.78, 5) is 14.6. The van der Waals surface area contributed by atoms with Crippen LogP contribution >= 0.6 is 0 Å². The molecule has 0 aromatic heterocycles. The molecule has 0 radical (unpaired) electrons. The number of hydrogen-bond acceptors (Lipinski definition) is 1. The molecule has 2 aliphatic rings. The summed E-state index contributed by atoms with van der Waals surface area (Å²) in [7, 11) is 0. The fraction of sp³-hybridized carbons (Fsp3) is 0.682. The van der Waals surface area contributed by atoms with Gasteiger partial charge in [-0.2, -0.15) is 0 Å². The van der Waals surface area contributed by atoms with Crippen molar-refractivity contribution in [3.63, 3.8) is 0 Å². The summed E-state index contributed by atoms with van der Waals surface area (Å²) in [6.07, 6.45) is 7.73. The van der Waals surface area contributed by atoms with Crippen LogP contribution in [-0.2, 0) is 6.54 Å². The lowest BCUT2D eigenvalue weighted by Gasteiger charge is -2.32. The van der Waals surface area contributed by atoms with E-state index in [0.717, 1.165) is 57.7 Å². The molecule has 158 valence electrons. The molecule has 3 rings (SSSR count). The molecule has 0 spiro atoms. The number of halogens is 2. The molecular formula is C22H36F2N3O+. The van der Waals surface area contributed by atoms with E-state index in [0.29, 0.717) is 18.0 Å². The minimum absolute atomic E-state index is 0.101. The van der Waals surface area contributed by atoms with E-state index in [2.05, 4.69) is 10.6 Å². The minimum Gasteiger partial charge on any atom is -0.346 e. The van der Waals surface area contributed by atoms with E-state index in [1.54, 1.807) is 4.90 Å². The normalized spacial score (nSPS) is 18.1. The first-order chi connectivity index (χ1) is 13.6. The monoisotopic (exact) mass is 396 g/mol. The second kappa shape index (κ2) is 12.0. The van der Waals surface area contributed by atoms with Gasteiger partial charge in [0.15, 0.2) is 0 Å². The van der Waals surface area contributed by atoms with E-state index in [1.807, 2.05) is 13.8 Å². The first-order valence-corrected chi connectivity index (χ1v) is 10.9. The number of amides is 2. The lowest BCUT2D eigenvalue weighted by molar-refractivity contribution is -0.664. The van der Waals surface area contributed by atoms with Crippen LogP contribution in [0.25, 0.3) is 0 Å². The molecule has 6 heteroatoms. The molecule has 1 aliphatic carbocycles. The van der Waals surface area contributed by atoms with Crippen LogP contribution in [-0.4, -0.2) is 36.6 Å². The highest BCUT2D eigenvalue weighted by molar-refractivity contribution is 5.74. The predicted octanol–water partition coefficient (Wildman–Crippen LogP) is 3.81. The summed E-state index contributed by atoms with van der Waals surface area (Å²) in [6, 6.07) is 3.63. The quantitative estimate of drug-likeness (QED) is 0.781. The zero-order chi connectivity index (χ0) is 20.4. The van der Waals surface area contributed by atoms with Crippen LogP contribution < -0.4 is 10.6 Å². The van der Waals surface area contributed by atoms with Crippen LogP contribution in [0.1, 0.15) is 64.4 Å². The summed E-state index contributed by atoms with van der Waals surface area (Å²) >= 11 is 0. The minimum atomic E-state index is -0.597. The molecule has 4 nitrogen and oxygen atoms in total. The summed E-state index contributed by atoms with van der Waals surface area (Å²) in [5, 5.41) is 5.45. The van der Waals surface area contributed by atoms with Gasteiger partial charge in [0.25, 0.3) is 0 Å². The maximum Gasteiger partial charge on any atom is 0.317 e. The number of benzene rings is 1. The van der Waals surface area contributed by atoms with Crippen LogP contribution in [0.3, 0.4) is 0 Å². The van der Waals surface area contributed by atoms with E-state index >= 15 is 0 Å². The van der Waals surface area contributed by atoms with Gasteiger partial charge in [0, 0.05) is 38.0 Å². The Balaban J connectivity index is 0.00000136.